The Morgan fingerprint density at radius 2 is 2.04 bits per heavy atom. The number of aromatic nitrogens is 3. The normalized spacial score (nSPS) is 13.5. The number of hydrogen-bond acceptors (Lipinski definition) is 6. The number of benzene rings is 2. The Morgan fingerprint density at radius 1 is 1.22 bits per heavy atom. The number of aliphatic hydroxyl groups excluding tert-OH is 1. The van der Waals surface area contributed by atoms with E-state index in [9.17, 15) is 10.4 Å². The van der Waals surface area contributed by atoms with Gasteiger partial charge in [0.05, 0.1) is 26.5 Å². The minimum Gasteiger partial charge on any atom is -0.510 e. The summed E-state index contributed by atoms with van der Waals surface area (Å²) in [5.74, 6) is 0.0122. The molecule has 2 aromatic heterocycles. The van der Waals surface area contributed by atoms with Crippen molar-refractivity contribution in [2.45, 2.75) is 24.3 Å². The van der Waals surface area contributed by atoms with E-state index in [2.05, 4.69) is 21.0 Å². The number of para-hydroxylation sites is 1. The molecule has 0 bridgehead atoms. The zero-order valence-electron chi connectivity index (χ0n) is 14.7. The number of thiazole rings is 1. The van der Waals surface area contributed by atoms with Crippen LogP contribution >= 0.6 is 23.1 Å². The fourth-order valence-electron chi connectivity index (χ4n) is 2.78. The largest absolute Gasteiger partial charge is 0.510 e. The second-order valence-corrected chi connectivity index (χ2v) is 8.54. The zero-order valence-corrected chi connectivity index (χ0v) is 16.4. The molecule has 0 amide bonds. The summed E-state index contributed by atoms with van der Waals surface area (Å²) in [6.07, 6.45) is 0. The van der Waals surface area contributed by atoms with Gasteiger partial charge in [0.15, 0.2) is 5.16 Å². The number of nitrogens with one attached hydrogen (secondary N) is 1. The molecule has 0 aliphatic heterocycles. The maximum atomic E-state index is 10.7. The Labute approximate surface area is 164 Å². The van der Waals surface area contributed by atoms with Crippen molar-refractivity contribution in [1.82, 2.24) is 15.0 Å². The molecule has 0 saturated carbocycles. The smallest absolute Gasteiger partial charge is 0.167 e. The molecular weight excluding hydrogens is 376 g/mol. The maximum absolute atomic E-state index is 10.7. The first-order valence-corrected chi connectivity index (χ1v) is 10.1. The number of aromatic amines is 1. The quantitative estimate of drug-likeness (QED) is 0.274. The highest BCUT2D eigenvalue weighted by Crippen LogP contribution is 2.33. The number of nitrogens with zero attached hydrogens (tertiary/aromatic N) is 3. The first kappa shape index (κ1) is 17.6. The molecule has 5 nitrogen and oxygen atoms in total. The number of hydrogen-bond donors (Lipinski definition) is 2. The molecule has 1 unspecified atom stereocenters. The lowest BCUT2D eigenvalue weighted by atomic mass is 10.2. The van der Waals surface area contributed by atoms with E-state index in [1.54, 1.807) is 0 Å². The van der Waals surface area contributed by atoms with Gasteiger partial charge in [0.1, 0.15) is 22.4 Å². The fourth-order valence-corrected chi connectivity index (χ4v) is 4.63. The van der Waals surface area contributed by atoms with E-state index in [1.165, 1.54) is 23.1 Å². The van der Waals surface area contributed by atoms with Crippen molar-refractivity contribution in [2.75, 3.05) is 0 Å². The van der Waals surface area contributed by atoms with Gasteiger partial charge in [-0.25, -0.2) is 9.97 Å². The van der Waals surface area contributed by atoms with Gasteiger partial charge in [0, 0.05) is 0 Å². The Hall–Kier alpha value is -2.82. The molecule has 0 radical (unpaired) electrons. The van der Waals surface area contributed by atoms with Crippen LogP contribution in [-0.4, -0.2) is 25.3 Å². The van der Waals surface area contributed by atoms with Crippen LogP contribution in [0, 0.1) is 18.3 Å². The van der Waals surface area contributed by atoms with Gasteiger partial charge in [0.25, 0.3) is 0 Å². The molecule has 0 aliphatic rings. The van der Waals surface area contributed by atoms with Gasteiger partial charge in [-0.3, -0.25) is 0 Å². The number of rotatable bonds is 4. The lowest BCUT2D eigenvalue weighted by molar-refractivity contribution is 0.402. The first-order valence-electron chi connectivity index (χ1n) is 8.37. The van der Waals surface area contributed by atoms with Crippen LogP contribution in [0.3, 0.4) is 0 Å². The summed E-state index contributed by atoms with van der Waals surface area (Å²) in [4.78, 5) is 12.3. The van der Waals surface area contributed by atoms with Crippen LogP contribution in [0.2, 0.25) is 0 Å². The van der Waals surface area contributed by atoms with Crippen LogP contribution in [0.15, 0.2) is 53.4 Å². The molecule has 4 rings (SSSR count). The number of thioether (sulfide) groups is 1. The van der Waals surface area contributed by atoms with Crippen LogP contribution < -0.4 is 0 Å². The van der Waals surface area contributed by atoms with Gasteiger partial charge >= 0.3 is 0 Å². The number of aliphatic hydroxyl groups is 1. The average Bonchev–Trinajstić information content (AvgIpc) is 3.24. The molecule has 27 heavy (non-hydrogen) atoms. The van der Waals surface area contributed by atoms with E-state index in [0.29, 0.717) is 10.2 Å². The van der Waals surface area contributed by atoms with Gasteiger partial charge in [-0.05, 0) is 43.7 Å². The molecule has 2 heterocycles. The molecule has 2 N–H and O–H groups in total. The van der Waals surface area contributed by atoms with E-state index in [-0.39, 0.29) is 16.6 Å². The summed E-state index contributed by atoms with van der Waals surface area (Å²) in [6, 6.07) is 15.8. The second-order valence-electron chi connectivity index (χ2n) is 6.18. The summed E-state index contributed by atoms with van der Waals surface area (Å²) >= 11 is 2.78. The number of imidazole rings is 1. The Balaban J connectivity index is 1.65. The van der Waals surface area contributed by atoms with Crippen molar-refractivity contribution in [3.8, 4) is 6.07 Å². The van der Waals surface area contributed by atoms with E-state index in [4.69, 9.17) is 0 Å². The summed E-state index contributed by atoms with van der Waals surface area (Å²) < 4.78 is 0.987. The Morgan fingerprint density at radius 3 is 2.81 bits per heavy atom. The van der Waals surface area contributed by atoms with Gasteiger partial charge in [-0.1, -0.05) is 30.0 Å². The third kappa shape index (κ3) is 3.42. The lowest BCUT2D eigenvalue weighted by Crippen LogP contribution is -2.04. The Kier molecular flexibility index (Phi) is 4.60. The number of aryl methyl sites for hydroxylation is 1. The molecule has 0 saturated heterocycles. The van der Waals surface area contributed by atoms with Crippen LogP contribution in [0.5, 0.6) is 0 Å². The van der Waals surface area contributed by atoms with Gasteiger partial charge in [-0.15, -0.1) is 11.3 Å². The van der Waals surface area contributed by atoms with Crippen LogP contribution in [0.1, 0.15) is 17.5 Å². The highest BCUT2D eigenvalue weighted by molar-refractivity contribution is 7.99. The summed E-state index contributed by atoms with van der Waals surface area (Å²) in [6.45, 7) is 3.88. The molecule has 134 valence electrons. The predicted molar refractivity (Wildman–Crippen MR) is 111 cm³/mol. The number of allylic oxidation sites excluding steroid dienone is 1. The number of nitriles is 1. The standard InChI is InChI=1S/C20H16N4OS2/c1-11-7-8-14-16(9-11)24-20(23-14)26-12(2)18(25)13(10-21)19-22-15-5-3-4-6-17(15)27-19/h3-9,12,25H,1-2H3,(H,23,24)/b18-13-. The predicted octanol–water partition coefficient (Wildman–Crippen LogP) is 5.45. The molecule has 1 atom stereocenters. The third-order valence-corrected chi connectivity index (χ3v) is 6.21. The first-order chi connectivity index (χ1) is 13.0. The van der Waals surface area contributed by atoms with E-state index in [1.807, 2.05) is 56.3 Å². The topological polar surface area (TPSA) is 85.6 Å². The van der Waals surface area contributed by atoms with Gasteiger partial charge in [-0.2, -0.15) is 5.26 Å². The lowest BCUT2D eigenvalue weighted by Gasteiger charge is -2.09. The number of fused-ring (bicyclic) bond motifs is 2. The van der Waals surface area contributed by atoms with Crippen molar-refractivity contribution in [2.24, 2.45) is 0 Å². The molecular formula is C20H16N4OS2. The van der Waals surface area contributed by atoms with E-state index >= 15 is 0 Å². The monoisotopic (exact) mass is 392 g/mol. The number of H-pyrrole nitrogens is 1. The highest BCUT2D eigenvalue weighted by Gasteiger charge is 2.20. The van der Waals surface area contributed by atoms with Crippen LogP contribution in [0.4, 0.5) is 0 Å². The zero-order chi connectivity index (χ0) is 19.0. The molecule has 7 heteroatoms. The SMILES string of the molecule is Cc1ccc2nc(SC(C)/C(O)=C(\C#N)c3nc4ccccc4s3)[nH]c2c1. The fraction of sp³-hybridized carbons (Fsp3) is 0.150. The van der Waals surface area contributed by atoms with Gasteiger partial charge in [0.2, 0.25) is 0 Å². The highest BCUT2D eigenvalue weighted by atomic mass is 32.2. The minimum absolute atomic E-state index is 0.0122. The summed E-state index contributed by atoms with van der Waals surface area (Å²) in [7, 11) is 0. The second kappa shape index (κ2) is 7.06. The average molecular weight is 393 g/mol. The van der Waals surface area contributed by atoms with Crippen LogP contribution in [0.25, 0.3) is 26.8 Å². The van der Waals surface area contributed by atoms with E-state index < -0.39 is 0 Å². The summed E-state index contributed by atoms with van der Waals surface area (Å²) in [5, 5.41) is 21.2. The molecule has 0 spiro atoms. The van der Waals surface area contributed by atoms with Gasteiger partial charge < -0.3 is 10.1 Å². The third-order valence-electron chi connectivity index (χ3n) is 4.16. The van der Waals surface area contributed by atoms with Crippen molar-refractivity contribution >= 4 is 49.9 Å². The molecule has 2 aromatic carbocycles. The van der Waals surface area contributed by atoms with Crippen LogP contribution in [-0.2, 0) is 0 Å². The van der Waals surface area contributed by atoms with Crippen molar-refractivity contribution < 1.29 is 5.11 Å². The van der Waals surface area contributed by atoms with E-state index in [0.717, 1.165) is 26.8 Å². The summed E-state index contributed by atoms with van der Waals surface area (Å²) in [5.41, 5.74) is 4.03. The minimum atomic E-state index is -0.340. The molecule has 4 aromatic rings. The van der Waals surface area contributed by atoms with Crippen molar-refractivity contribution in [3.05, 3.63) is 58.8 Å². The molecule has 0 fully saturated rings. The molecule has 0 aliphatic carbocycles. The van der Waals surface area contributed by atoms with Crippen molar-refractivity contribution in [1.29, 1.82) is 5.26 Å². The Bertz CT molecular complexity index is 1180. The maximum Gasteiger partial charge on any atom is 0.167 e. The van der Waals surface area contributed by atoms with Crippen molar-refractivity contribution in [3.63, 3.8) is 0 Å².